The van der Waals surface area contributed by atoms with Crippen LogP contribution in [0.4, 0.5) is 0 Å². The molecule has 1 saturated heterocycles. The fraction of sp³-hybridized carbons (Fsp3) is 0.583. The zero-order chi connectivity index (χ0) is 12.3. The molecule has 3 nitrogen and oxygen atoms in total. The summed E-state index contributed by atoms with van der Waals surface area (Å²) in [5.41, 5.74) is 5.46. The molecule has 1 aliphatic rings. The largest absolute Gasteiger partial charge is 0.381 e. The van der Waals surface area contributed by atoms with Crippen molar-refractivity contribution in [3.05, 3.63) is 20.8 Å². The van der Waals surface area contributed by atoms with E-state index in [0.717, 1.165) is 21.5 Å². The average molecular weight is 318 g/mol. The Morgan fingerprint density at radius 3 is 2.71 bits per heavy atom. The molecule has 0 saturated carbocycles. The lowest BCUT2D eigenvalue weighted by molar-refractivity contribution is -0.132. The number of Topliss-reactive ketones (excluding diaryl/α,β-unsaturated/α-hetero) is 1. The minimum absolute atomic E-state index is 0.262. The van der Waals surface area contributed by atoms with Crippen LogP contribution in [0.3, 0.4) is 0 Å². The summed E-state index contributed by atoms with van der Waals surface area (Å²) in [6.07, 6.45) is 2.01. The molecule has 1 aromatic heterocycles. The van der Waals surface area contributed by atoms with Crippen LogP contribution in [0.1, 0.15) is 17.7 Å². The molecule has 5 heteroatoms. The predicted molar refractivity (Wildman–Crippen MR) is 72.3 cm³/mol. The van der Waals surface area contributed by atoms with Crippen LogP contribution >= 0.6 is 27.3 Å². The summed E-state index contributed by atoms with van der Waals surface area (Å²) in [6, 6.07) is 3.97. The molecule has 0 atom stereocenters. The molecule has 2 heterocycles. The Balaban J connectivity index is 2.07. The topological polar surface area (TPSA) is 52.3 Å². The van der Waals surface area contributed by atoms with Crippen molar-refractivity contribution in [1.29, 1.82) is 0 Å². The Labute approximate surface area is 113 Å². The number of thiophene rings is 1. The highest BCUT2D eigenvalue weighted by molar-refractivity contribution is 9.11. The third-order valence-corrected chi connectivity index (χ3v) is 5.02. The second-order valence-electron chi connectivity index (χ2n) is 4.40. The normalized spacial score (nSPS) is 19.2. The number of rotatable bonds is 4. The van der Waals surface area contributed by atoms with Gasteiger partial charge in [0.25, 0.3) is 0 Å². The van der Waals surface area contributed by atoms with Crippen molar-refractivity contribution in [1.82, 2.24) is 0 Å². The van der Waals surface area contributed by atoms with Crippen molar-refractivity contribution >= 4 is 33.0 Å². The number of halogens is 1. The Hall–Kier alpha value is -0.230. The van der Waals surface area contributed by atoms with Gasteiger partial charge >= 0.3 is 0 Å². The number of nitrogens with two attached hydrogens (primary N) is 1. The molecule has 0 aliphatic carbocycles. The lowest BCUT2D eigenvalue weighted by Gasteiger charge is -2.34. The first-order valence-electron chi connectivity index (χ1n) is 5.72. The van der Waals surface area contributed by atoms with Gasteiger partial charge in [-0.05, 0) is 40.9 Å². The molecular formula is C12H16BrNO2S. The molecular weight excluding hydrogens is 302 g/mol. The molecule has 0 bridgehead atoms. The highest BCUT2D eigenvalue weighted by Gasteiger charge is 2.38. The Morgan fingerprint density at radius 1 is 1.47 bits per heavy atom. The van der Waals surface area contributed by atoms with Crippen molar-refractivity contribution in [2.75, 3.05) is 19.8 Å². The van der Waals surface area contributed by atoms with Gasteiger partial charge in [0.05, 0.1) is 3.79 Å². The number of hydrogen-bond acceptors (Lipinski definition) is 4. The van der Waals surface area contributed by atoms with Crippen molar-refractivity contribution in [3.8, 4) is 0 Å². The highest BCUT2D eigenvalue weighted by atomic mass is 79.9. The molecule has 1 aliphatic heterocycles. The van der Waals surface area contributed by atoms with E-state index >= 15 is 0 Å². The maximum Gasteiger partial charge on any atom is 0.145 e. The van der Waals surface area contributed by atoms with Gasteiger partial charge in [0.15, 0.2) is 0 Å². The van der Waals surface area contributed by atoms with Gasteiger partial charge in [0.2, 0.25) is 0 Å². The summed E-state index contributed by atoms with van der Waals surface area (Å²) in [7, 11) is 0. The number of carbonyl (C=O) groups excluding carboxylic acids is 1. The van der Waals surface area contributed by atoms with Crippen molar-refractivity contribution < 1.29 is 9.53 Å². The smallest absolute Gasteiger partial charge is 0.145 e. The van der Waals surface area contributed by atoms with Crippen LogP contribution in [-0.4, -0.2) is 25.5 Å². The fourth-order valence-electron chi connectivity index (χ4n) is 2.15. The molecule has 0 spiro atoms. The molecule has 94 valence electrons. The fourth-order valence-corrected chi connectivity index (χ4v) is 3.63. The van der Waals surface area contributed by atoms with Gasteiger partial charge < -0.3 is 10.5 Å². The zero-order valence-electron chi connectivity index (χ0n) is 9.58. The van der Waals surface area contributed by atoms with Crippen LogP contribution in [-0.2, 0) is 16.0 Å². The van der Waals surface area contributed by atoms with Crippen LogP contribution in [0, 0.1) is 5.41 Å². The van der Waals surface area contributed by atoms with Gasteiger partial charge in [-0.1, -0.05) is 0 Å². The van der Waals surface area contributed by atoms with Crippen LogP contribution in [0.5, 0.6) is 0 Å². The van der Waals surface area contributed by atoms with E-state index in [-0.39, 0.29) is 11.2 Å². The first-order valence-corrected chi connectivity index (χ1v) is 7.32. The number of hydrogen-bond donors (Lipinski definition) is 1. The van der Waals surface area contributed by atoms with E-state index in [1.807, 2.05) is 12.1 Å². The van der Waals surface area contributed by atoms with Gasteiger partial charge in [-0.2, -0.15) is 0 Å². The average Bonchev–Trinajstić information content (AvgIpc) is 2.75. The van der Waals surface area contributed by atoms with Gasteiger partial charge in [0, 0.05) is 36.5 Å². The quantitative estimate of drug-likeness (QED) is 0.927. The molecule has 2 N–H and O–H groups in total. The summed E-state index contributed by atoms with van der Waals surface area (Å²) in [6.45, 7) is 1.73. The van der Waals surface area contributed by atoms with Crippen LogP contribution in [0.15, 0.2) is 15.9 Å². The molecule has 17 heavy (non-hydrogen) atoms. The highest BCUT2D eigenvalue weighted by Crippen LogP contribution is 2.33. The Kier molecular flexibility index (Phi) is 4.36. The van der Waals surface area contributed by atoms with E-state index in [0.29, 0.717) is 26.2 Å². The minimum atomic E-state index is -0.352. The maximum atomic E-state index is 12.4. The monoisotopic (exact) mass is 317 g/mol. The minimum Gasteiger partial charge on any atom is -0.381 e. The molecule has 0 amide bonds. The third-order valence-electron chi connectivity index (χ3n) is 3.40. The molecule has 0 unspecified atom stereocenters. The zero-order valence-corrected chi connectivity index (χ0v) is 12.0. The third kappa shape index (κ3) is 2.96. The molecule has 1 fully saturated rings. The van der Waals surface area contributed by atoms with Crippen molar-refractivity contribution in [3.63, 3.8) is 0 Å². The number of ether oxygens (including phenoxy) is 1. The molecule has 0 aromatic carbocycles. The maximum absolute atomic E-state index is 12.4. The van der Waals surface area contributed by atoms with Crippen molar-refractivity contribution in [2.24, 2.45) is 11.1 Å². The Morgan fingerprint density at radius 2 is 2.18 bits per heavy atom. The molecule has 1 aromatic rings. The number of ketones is 1. The Bertz CT molecular complexity index is 399. The lowest BCUT2D eigenvalue weighted by atomic mass is 9.75. The van der Waals surface area contributed by atoms with E-state index in [1.165, 1.54) is 0 Å². The van der Waals surface area contributed by atoms with E-state index in [4.69, 9.17) is 10.5 Å². The first kappa shape index (κ1) is 13.2. The summed E-state index contributed by atoms with van der Waals surface area (Å²) in [5, 5.41) is 0. The van der Waals surface area contributed by atoms with Crippen LogP contribution in [0.2, 0.25) is 0 Å². The van der Waals surface area contributed by atoms with E-state index < -0.39 is 0 Å². The molecule has 0 radical (unpaired) electrons. The molecule has 2 rings (SSSR count). The predicted octanol–water partition coefficient (Wildman–Crippen LogP) is 2.38. The SMILES string of the molecule is NCC1(C(=O)Cc2ccc(Br)s2)CCOCC1. The standard InChI is InChI=1S/C12H16BrNO2S/c13-11-2-1-9(17-11)7-10(15)12(8-14)3-5-16-6-4-12/h1-2H,3-8,14H2. The lowest BCUT2D eigenvalue weighted by Crippen LogP contribution is -2.44. The summed E-state index contributed by atoms with van der Waals surface area (Å²) in [4.78, 5) is 13.5. The summed E-state index contributed by atoms with van der Waals surface area (Å²) < 4.78 is 6.38. The van der Waals surface area contributed by atoms with Gasteiger partial charge in [-0.3, -0.25) is 4.79 Å². The second kappa shape index (κ2) is 5.61. The van der Waals surface area contributed by atoms with Gasteiger partial charge in [-0.15, -0.1) is 11.3 Å². The van der Waals surface area contributed by atoms with E-state index in [9.17, 15) is 4.79 Å². The van der Waals surface area contributed by atoms with Crippen LogP contribution in [0.25, 0.3) is 0 Å². The summed E-state index contributed by atoms with van der Waals surface area (Å²) >= 11 is 5.02. The van der Waals surface area contributed by atoms with E-state index in [1.54, 1.807) is 11.3 Å². The first-order chi connectivity index (χ1) is 8.16. The number of carbonyl (C=O) groups is 1. The van der Waals surface area contributed by atoms with Gasteiger partial charge in [-0.25, -0.2) is 0 Å². The van der Waals surface area contributed by atoms with E-state index in [2.05, 4.69) is 15.9 Å². The van der Waals surface area contributed by atoms with Gasteiger partial charge in [0.1, 0.15) is 5.78 Å². The summed E-state index contributed by atoms with van der Waals surface area (Å²) in [5.74, 6) is 0.262. The van der Waals surface area contributed by atoms with Crippen molar-refractivity contribution in [2.45, 2.75) is 19.3 Å². The van der Waals surface area contributed by atoms with Crippen LogP contribution < -0.4 is 5.73 Å². The second-order valence-corrected chi connectivity index (χ2v) is 6.95.